The van der Waals surface area contributed by atoms with Crippen molar-refractivity contribution in [3.05, 3.63) is 26.4 Å². The summed E-state index contributed by atoms with van der Waals surface area (Å²) in [5.74, 6) is 0. The van der Waals surface area contributed by atoms with Gasteiger partial charge in [0, 0.05) is 12.1 Å². The molecule has 0 atom stereocenters. The molecule has 13 heavy (non-hydrogen) atoms. The first-order chi connectivity index (χ1) is 6.06. The van der Waals surface area contributed by atoms with Gasteiger partial charge in [-0.3, -0.25) is 0 Å². The molecular weight excluding hydrogens is 310 g/mol. The second kappa shape index (κ2) is 4.43. The van der Waals surface area contributed by atoms with Gasteiger partial charge in [-0.25, -0.2) is 13.8 Å². The van der Waals surface area contributed by atoms with E-state index in [-0.39, 0.29) is 17.8 Å². The summed E-state index contributed by atoms with van der Waals surface area (Å²) >= 11 is 6.21. The SMILES string of the molecule is NCc1nc(Br)c(Br)cc1C(F)F. The monoisotopic (exact) mass is 314 g/mol. The minimum absolute atomic E-state index is 0.00551. The molecule has 0 bridgehead atoms. The van der Waals surface area contributed by atoms with Crippen LogP contribution in [0.3, 0.4) is 0 Å². The number of aromatic nitrogens is 1. The van der Waals surface area contributed by atoms with E-state index >= 15 is 0 Å². The number of nitrogens with two attached hydrogens (primary N) is 1. The molecule has 0 radical (unpaired) electrons. The van der Waals surface area contributed by atoms with E-state index in [9.17, 15) is 8.78 Å². The predicted molar refractivity (Wildman–Crippen MR) is 52.5 cm³/mol. The van der Waals surface area contributed by atoms with E-state index in [1.807, 2.05) is 0 Å². The molecule has 2 nitrogen and oxygen atoms in total. The zero-order valence-corrected chi connectivity index (χ0v) is 9.57. The lowest BCUT2D eigenvalue weighted by atomic mass is 10.2. The Morgan fingerprint density at radius 2 is 2.08 bits per heavy atom. The molecule has 2 N–H and O–H groups in total. The van der Waals surface area contributed by atoms with Gasteiger partial charge in [-0.05, 0) is 37.9 Å². The molecule has 0 amide bonds. The number of pyridine rings is 1. The van der Waals surface area contributed by atoms with Crippen molar-refractivity contribution in [1.82, 2.24) is 4.98 Å². The smallest absolute Gasteiger partial charge is 0.265 e. The van der Waals surface area contributed by atoms with Gasteiger partial charge in [-0.2, -0.15) is 0 Å². The topological polar surface area (TPSA) is 38.9 Å². The number of halogens is 4. The van der Waals surface area contributed by atoms with Crippen LogP contribution in [0.5, 0.6) is 0 Å². The van der Waals surface area contributed by atoms with Gasteiger partial charge in [-0.1, -0.05) is 0 Å². The molecule has 0 aromatic carbocycles. The van der Waals surface area contributed by atoms with Crippen molar-refractivity contribution in [3.63, 3.8) is 0 Å². The van der Waals surface area contributed by atoms with E-state index < -0.39 is 6.43 Å². The highest BCUT2D eigenvalue weighted by Crippen LogP contribution is 2.29. The summed E-state index contributed by atoms with van der Waals surface area (Å²) < 4.78 is 25.8. The first kappa shape index (κ1) is 11.0. The molecule has 0 fully saturated rings. The van der Waals surface area contributed by atoms with Gasteiger partial charge in [0.05, 0.1) is 10.2 Å². The molecule has 0 aliphatic carbocycles. The third-order valence-electron chi connectivity index (χ3n) is 1.47. The van der Waals surface area contributed by atoms with Gasteiger partial charge in [0.25, 0.3) is 6.43 Å². The van der Waals surface area contributed by atoms with Crippen LogP contribution in [0, 0.1) is 0 Å². The number of hydrogen-bond donors (Lipinski definition) is 1. The van der Waals surface area contributed by atoms with Crippen LogP contribution in [0.2, 0.25) is 0 Å². The summed E-state index contributed by atoms with van der Waals surface area (Å²) in [6.07, 6.45) is -2.55. The molecule has 0 spiro atoms. The molecule has 0 aliphatic heterocycles. The Morgan fingerprint density at radius 3 is 2.54 bits per heavy atom. The lowest BCUT2D eigenvalue weighted by Gasteiger charge is -2.07. The number of rotatable bonds is 2. The van der Waals surface area contributed by atoms with E-state index in [2.05, 4.69) is 36.8 Å². The van der Waals surface area contributed by atoms with Crippen LogP contribution in [0.4, 0.5) is 8.78 Å². The predicted octanol–water partition coefficient (Wildman–Crippen LogP) is 3.00. The lowest BCUT2D eigenvalue weighted by Crippen LogP contribution is -2.05. The molecule has 0 saturated heterocycles. The van der Waals surface area contributed by atoms with Crippen LogP contribution in [0.15, 0.2) is 15.1 Å². The normalized spacial score (nSPS) is 10.9. The molecule has 1 aromatic rings. The Morgan fingerprint density at radius 1 is 1.46 bits per heavy atom. The molecule has 6 heteroatoms. The fourth-order valence-electron chi connectivity index (χ4n) is 0.868. The maximum absolute atomic E-state index is 12.4. The quantitative estimate of drug-likeness (QED) is 0.852. The van der Waals surface area contributed by atoms with Crippen molar-refractivity contribution in [2.45, 2.75) is 13.0 Å². The van der Waals surface area contributed by atoms with Crippen molar-refractivity contribution >= 4 is 31.9 Å². The largest absolute Gasteiger partial charge is 0.325 e. The highest BCUT2D eigenvalue weighted by Gasteiger charge is 2.15. The Hall–Kier alpha value is -0.0700. The standard InChI is InChI=1S/C7H6Br2F2N2/c8-4-1-3(7(10)11)5(2-12)13-6(4)9/h1,7H,2,12H2. The van der Waals surface area contributed by atoms with Gasteiger partial charge >= 0.3 is 0 Å². The Labute approximate surface area is 90.8 Å². The first-order valence-corrected chi connectivity index (χ1v) is 4.98. The van der Waals surface area contributed by atoms with Crippen molar-refractivity contribution in [3.8, 4) is 0 Å². The van der Waals surface area contributed by atoms with Gasteiger partial charge in [0.2, 0.25) is 0 Å². The molecule has 1 heterocycles. The molecule has 1 aromatic heterocycles. The van der Waals surface area contributed by atoms with Crippen molar-refractivity contribution in [2.75, 3.05) is 0 Å². The molecular formula is C7H6Br2F2N2. The summed E-state index contributed by atoms with van der Waals surface area (Å²) in [5.41, 5.74) is 5.36. The maximum atomic E-state index is 12.4. The zero-order valence-electron chi connectivity index (χ0n) is 6.40. The number of alkyl halides is 2. The summed E-state index contributed by atoms with van der Waals surface area (Å²) in [7, 11) is 0. The van der Waals surface area contributed by atoms with Gasteiger partial charge in [0.15, 0.2) is 0 Å². The van der Waals surface area contributed by atoms with Gasteiger partial charge < -0.3 is 5.73 Å². The van der Waals surface area contributed by atoms with Crippen LogP contribution < -0.4 is 5.73 Å². The Balaban J connectivity index is 3.25. The van der Waals surface area contributed by atoms with Crippen molar-refractivity contribution < 1.29 is 8.78 Å². The van der Waals surface area contributed by atoms with Crippen LogP contribution in [0.25, 0.3) is 0 Å². The number of hydrogen-bond acceptors (Lipinski definition) is 2. The Kier molecular flexibility index (Phi) is 3.75. The third kappa shape index (κ3) is 2.45. The summed E-state index contributed by atoms with van der Waals surface area (Å²) in [5, 5.41) is 0. The average molecular weight is 316 g/mol. The van der Waals surface area contributed by atoms with Crippen LogP contribution >= 0.6 is 31.9 Å². The van der Waals surface area contributed by atoms with Crippen LogP contribution in [-0.2, 0) is 6.54 Å². The average Bonchev–Trinajstić information content (AvgIpc) is 2.08. The zero-order chi connectivity index (χ0) is 10.0. The number of nitrogens with zero attached hydrogens (tertiary/aromatic N) is 1. The second-order valence-electron chi connectivity index (χ2n) is 2.30. The highest BCUT2D eigenvalue weighted by molar-refractivity contribution is 9.13. The van der Waals surface area contributed by atoms with E-state index in [0.29, 0.717) is 9.08 Å². The summed E-state index contributed by atoms with van der Waals surface area (Å²) in [6.45, 7) is 0.00551. The summed E-state index contributed by atoms with van der Waals surface area (Å²) in [4.78, 5) is 3.88. The van der Waals surface area contributed by atoms with Gasteiger partial charge in [-0.15, -0.1) is 0 Å². The Bertz CT molecular complexity index is 318. The van der Waals surface area contributed by atoms with Crippen molar-refractivity contribution in [2.24, 2.45) is 5.73 Å². The highest BCUT2D eigenvalue weighted by atomic mass is 79.9. The fourth-order valence-corrected chi connectivity index (χ4v) is 1.53. The molecule has 0 aliphatic rings. The van der Waals surface area contributed by atoms with E-state index in [0.717, 1.165) is 0 Å². The molecule has 0 saturated carbocycles. The van der Waals surface area contributed by atoms with E-state index in [4.69, 9.17) is 5.73 Å². The second-order valence-corrected chi connectivity index (χ2v) is 3.91. The first-order valence-electron chi connectivity index (χ1n) is 3.39. The lowest BCUT2D eigenvalue weighted by molar-refractivity contribution is 0.149. The molecule has 0 unspecified atom stereocenters. The third-order valence-corrected chi connectivity index (χ3v) is 3.22. The molecule has 1 rings (SSSR count). The van der Waals surface area contributed by atoms with E-state index in [1.54, 1.807) is 0 Å². The minimum atomic E-state index is -2.55. The molecule has 72 valence electrons. The fraction of sp³-hybridized carbons (Fsp3) is 0.286. The maximum Gasteiger partial charge on any atom is 0.265 e. The summed E-state index contributed by atoms with van der Waals surface area (Å²) in [6, 6.07) is 1.32. The minimum Gasteiger partial charge on any atom is -0.325 e. The van der Waals surface area contributed by atoms with Crippen LogP contribution in [0.1, 0.15) is 17.7 Å². The van der Waals surface area contributed by atoms with Crippen LogP contribution in [-0.4, -0.2) is 4.98 Å². The van der Waals surface area contributed by atoms with Crippen molar-refractivity contribution in [1.29, 1.82) is 0 Å². The van der Waals surface area contributed by atoms with E-state index in [1.165, 1.54) is 6.07 Å². The van der Waals surface area contributed by atoms with Gasteiger partial charge in [0.1, 0.15) is 4.60 Å².